The third-order valence-corrected chi connectivity index (χ3v) is 1.98. The minimum absolute atomic E-state index is 0.102. The van der Waals surface area contributed by atoms with E-state index in [1.54, 1.807) is 0 Å². The Morgan fingerprint density at radius 2 is 1.67 bits per heavy atom. The topological polar surface area (TPSA) is 72.2 Å². The summed E-state index contributed by atoms with van der Waals surface area (Å²) in [5, 5.41) is 2.67. The second kappa shape index (κ2) is 6.43. The average Bonchev–Trinajstić information content (AvgIpc) is 1.99. The summed E-state index contributed by atoms with van der Waals surface area (Å²) >= 11 is 0. The van der Waals surface area contributed by atoms with Crippen LogP contribution < -0.4 is 11.1 Å². The highest BCUT2D eigenvalue weighted by Gasteiger charge is 2.19. The van der Waals surface area contributed by atoms with Crippen LogP contribution in [-0.4, -0.2) is 17.9 Å². The second-order valence-electron chi connectivity index (χ2n) is 4.75. The van der Waals surface area contributed by atoms with Gasteiger partial charge in [0.2, 0.25) is 11.8 Å². The zero-order valence-corrected chi connectivity index (χ0v) is 10.0. The summed E-state index contributed by atoms with van der Waals surface area (Å²) in [6, 6.07) is -0.531. The van der Waals surface area contributed by atoms with Crippen LogP contribution in [0, 0.1) is 11.8 Å². The zero-order chi connectivity index (χ0) is 12.0. The Hall–Kier alpha value is -1.06. The molecule has 0 saturated heterocycles. The number of primary amides is 1. The van der Waals surface area contributed by atoms with Crippen molar-refractivity contribution < 1.29 is 9.59 Å². The first-order valence-corrected chi connectivity index (χ1v) is 5.41. The molecule has 15 heavy (non-hydrogen) atoms. The molecule has 0 aliphatic heterocycles. The predicted octanol–water partition coefficient (Wildman–Crippen LogP) is 1.05. The molecule has 0 fully saturated rings. The van der Waals surface area contributed by atoms with Gasteiger partial charge in [0.05, 0.1) is 0 Å². The van der Waals surface area contributed by atoms with Gasteiger partial charge in [-0.1, -0.05) is 27.7 Å². The first kappa shape index (κ1) is 13.9. The van der Waals surface area contributed by atoms with Crippen LogP contribution >= 0.6 is 0 Å². The number of carbonyl (C=O) groups is 2. The standard InChI is InChI=1S/C11H22N2O2/c1-7(2)5-9(11(12)15)13-10(14)6-8(3)4/h7-9H,5-6H2,1-4H3,(H2,12,15)(H,13,14)/t9-/m0/s1. The predicted molar refractivity (Wildman–Crippen MR) is 60.0 cm³/mol. The largest absolute Gasteiger partial charge is 0.368 e. The summed E-state index contributed by atoms with van der Waals surface area (Å²) in [7, 11) is 0. The molecule has 0 aromatic heterocycles. The maximum absolute atomic E-state index is 11.4. The molecule has 0 heterocycles. The van der Waals surface area contributed by atoms with Gasteiger partial charge < -0.3 is 11.1 Å². The van der Waals surface area contributed by atoms with Gasteiger partial charge in [-0.25, -0.2) is 0 Å². The highest BCUT2D eigenvalue weighted by Crippen LogP contribution is 2.06. The minimum Gasteiger partial charge on any atom is -0.368 e. The highest BCUT2D eigenvalue weighted by atomic mass is 16.2. The fourth-order valence-electron chi connectivity index (χ4n) is 1.34. The summed E-state index contributed by atoms with van der Waals surface area (Å²) < 4.78 is 0. The molecule has 1 atom stereocenters. The lowest BCUT2D eigenvalue weighted by Gasteiger charge is -2.17. The molecular formula is C11H22N2O2. The Kier molecular flexibility index (Phi) is 5.97. The van der Waals surface area contributed by atoms with Crippen LogP contribution in [-0.2, 0) is 9.59 Å². The molecule has 0 rings (SSSR count). The molecule has 0 saturated carbocycles. The first-order chi connectivity index (χ1) is 6.82. The van der Waals surface area contributed by atoms with Crippen LogP contribution in [0.4, 0.5) is 0 Å². The Balaban J connectivity index is 4.16. The fourth-order valence-corrected chi connectivity index (χ4v) is 1.34. The van der Waals surface area contributed by atoms with Gasteiger partial charge in [0.15, 0.2) is 0 Å². The lowest BCUT2D eigenvalue weighted by atomic mass is 10.0. The Morgan fingerprint density at radius 3 is 2.00 bits per heavy atom. The summed E-state index contributed by atoms with van der Waals surface area (Å²) in [5.74, 6) is 0.0645. The van der Waals surface area contributed by atoms with Crippen LogP contribution in [0.15, 0.2) is 0 Å². The number of amides is 2. The fraction of sp³-hybridized carbons (Fsp3) is 0.818. The van der Waals surface area contributed by atoms with Crippen molar-refractivity contribution in [2.24, 2.45) is 17.6 Å². The number of hydrogen-bond acceptors (Lipinski definition) is 2. The van der Waals surface area contributed by atoms with E-state index in [1.807, 2.05) is 27.7 Å². The van der Waals surface area contributed by atoms with Crippen LogP contribution in [0.1, 0.15) is 40.5 Å². The number of hydrogen-bond donors (Lipinski definition) is 2. The molecule has 0 bridgehead atoms. The molecule has 0 spiro atoms. The summed E-state index contributed by atoms with van der Waals surface area (Å²) in [5.41, 5.74) is 5.21. The lowest BCUT2D eigenvalue weighted by Crippen LogP contribution is -2.45. The van der Waals surface area contributed by atoms with Crippen molar-refractivity contribution in [2.45, 2.75) is 46.6 Å². The number of nitrogens with two attached hydrogens (primary N) is 1. The van der Waals surface area contributed by atoms with E-state index in [4.69, 9.17) is 5.73 Å². The van der Waals surface area contributed by atoms with E-state index in [9.17, 15) is 9.59 Å². The van der Waals surface area contributed by atoms with Gasteiger partial charge in [-0.15, -0.1) is 0 Å². The lowest BCUT2D eigenvalue weighted by molar-refractivity contribution is -0.128. The number of carbonyl (C=O) groups excluding carboxylic acids is 2. The molecule has 4 heteroatoms. The second-order valence-corrected chi connectivity index (χ2v) is 4.75. The number of nitrogens with one attached hydrogen (secondary N) is 1. The molecule has 0 aliphatic carbocycles. The van der Waals surface area contributed by atoms with E-state index in [-0.39, 0.29) is 11.8 Å². The molecule has 0 radical (unpaired) electrons. The molecule has 0 unspecified atom stereocenters. The van der Waals surface area contributed by atoms with Gasteiger partial charge in [0.25, 0.3) is 0 Å². The van der Waals surface area contributed by atoms with Crippen molar-refractivity contribution in [1.82, 2.24) is 5.32 Å². The summed E-state index contributed by atoms with van der Waals surface area (Å²) in [4.78, 5) is 22.5. The molecule has 0 aromatic carbocycles. The van der Waals surface area contributed by atoms with E-state index >= 15 is 0 Å². The Morgan fingerprint density at radius 1 is 1.13 bits per heavy atom. The SMILES string of the molecule is CC(C)CC(=O)N[C@@H](CC(C)C)C(N)=O. The molecule has 4 nitrogen and oxygen atoms in total. The van der Waals surface area contributed by atoms with E-state index in [1.165, 1.54) is 0 Å². The normalized spacial score (nSPS) is 12.9. The van der Waals surface area contributed by atoms with Crippen molar-refractivity contribution in [3.8, 4) is 0 Å². The van der Waals surface area contributed by atoms with Crippen molar-refractivity contribution in [3.05, 3.63) is 0 Å². The maximum Gasteiger partial charge on any atom is 0.240 e. The van der Waals surface area contributed by atoms with Gasteiger partial charge in [-0.3, -0.25) is 9.59 Å². The van der Waals surface area contributed by atoms with Gasteiger partial charge >= 0.3 is 0 Å². The van der Waals surface area contributed by atoms with Gasteiger partial charge in [-0.2, -0.15) is 0 Å². The van der Waals surface area contributed by atoms with Crippen molar-refractivity contribution >= 4 is 11.8 Å². The molecule has 0 aromatic rings. The molecule has 88 valence electrons. The Bertz CT molecular complexity index is 225. The van der Waals surface area contributed by atoms with E-state index < -0.39 is 11.9 Å². The number of rotatable bonds is 6. The van der Waals surface area contributed by atoms with Gasteiger partial charge in [0.1, 0.15) is 6.04 Å². The van der Waals surface area contributed by atoms with Crippen LogP contribution in [0.3, 0.4) is 0 Å². The third-order valence-electron chi connectivity index (χ3n) is 1.98. The average molecular weight is 214 g/mol. The molecule has 3 N–H and O–H groups in total. The Labute approximate surface area is 91.6 Å². The third kappa shape index (κ3) is 6.94. The first-order valence-electron chi connectivity index (χ1n) is 5.41. The van der Waals surface area contributed by atoms with Crippen molar-refractivity contribution in [1.29, 1.82) is 0 Å². The molecule has 2 amide bonds. The highest BCUT2D eigenvalue weighted by molar-refractivity contribution is 5.86. The minimum atomic E-state index is -0.531. The van der Waals surface area contributed by atoms with E-state index in [0.717, 1.165) is 0 Å². The van der Waals surface area contributed by atoms with Gasteiger partial charge in [0, 0.05) is 6.42 Å². The van der Waals surface area contributed by atoms with Crippen LogP contribution in [0.5, 0.6) is 0 Å². The van der Waals surface area contributed by atoms with Crippen molar-refractivity contribution in [2.75, 3.05) is 0 Å². The molecular weight excluding hydrogens is 192 g/mol. The van der Waals surface area contributed by atoms with Crippen molar-refractivity contribution in [3.63, 3.8) is 0 Å². The van der Waals surface area contributed by atoms with E-state index in [0.29, 0.717) is 18.8 Å². The monoisotopic (exact) mass is 214 g/mol. The van der Waals surface area contributed by atoms with Crippen LogP contribution in [0.2, 0.25) is 0 Å². The smallest absolute Gasteiger partial charge is 0.240 e. The summed E-state index contributed by atoms with van der Waals surface area (Å²) in [6.45, 7) is 7.90. The zero-order valence-electron chi connectivity index (χ0n) is 10.0. The summed E-state index contributed by atoms with van der Waals surface area (Å²) in [6.07, 6.45) is 1.03. The maximum atomic E-state index is 11.4. The van der Waals surface area contributed by atoms with Crippen LogP contribution in [0.25, 0.3) is 0 Å². The quantitative estimate of drug-likeness (QED) is 0.693. The van der Waals surface area contributed by atoms with E-state index in [2.05, 4.69) is 5.32 Å². The molecule has 0 aliphatic rings. The van der Waals surface area contributed by atoms with Gasteiger partial charge in [-0.05, 0) is 18.3 Å².